The van der Waals surface area contributed by atoms with Crippen molar-refractivity contribution in [3.63, 3.8) is 0 Å². The predicted octanol–water partition coefficient (Wildman–Crippen LogP) is 2.18. The lowest BCUT2D eigenvalue weighted by Gasteiger charge is -2.17. The van der Waals surface area contributed by atoms with Gasteiger partial charge in [0, 0.05) is 38.8 Å². The van der Waals surface area contributed by atoms with Gasteiger partial charge in [-0.3, -0.25) is 19.7 Å². The molecule has 0 radical (unpaired) electrons. The summed E-state index contributed by atoms with van der Waals surface area (Å²) in [6.07, 6.45) is 3.93. The molecule has 29 heavy (non-hydrogen) atoms. The first-order valence-corrected chi connectivity index (χ1v) is 9.37. The molecule has 1 atom stereocenters. The Labute approximate surface area is 169 Å². The summed E-state index contributed by atoms with van der Waals surface area (Å²) in [5, 5.41) is 12.2. The number of aromatic nitrogens is 1. The Morgan fingerprint density at radius 3 is 2.72 bits per heavy atom. The van der Waals surface area contributed by atoms with Gasteiger partial charge in [-0.1, -0.05) is 30.3 Å². The van der Waals surface area contributed by atoms with E-state index < -0.39 is 11.9 Å². The fourth-order valence-electron chi connectivity index (χ4n) is 3.22. The van der Waals surface area contributed by atoms with Crippen LogP contribution in [0.2, 0.25) is 0 Å². The Morgan fingerprint density at radius 2 is 2.07 bits per heavy atom. The Bertz CT molecular complexity index is 868. The van der Waals surface area contributed by atoms with Crippen LogP contribution in [0.1, 0.15) is 24.5 Å². The third-order valence-corrected chi connectivity index (χ3v) is 4.54. The zero-order valence-corrected chi connectivity index (χ0v) is 16.2. The highest BCUT2D eigenvalue weighted by atomic mass is 16.5. The number of hydrogen-bond donors (Lipinski definition) is 3. The van der Waals surface area contributed by atoms with Crippen LogP contribution in [0.3, 0.4) is 0 Å². The molecule has 0 saturated carbocycles. The fourth-order valence-corrected chi connectivity index (χ4v) is 3.22. The second kappa shape index (κ2) is 9.81. The summed E-state index contributed by atoms with van der Waals surface area (Å²) in [5.74, 6) is -1.15. The molecule has 152 valence electrons. The first kappa shape index (κ1) is 20.5. The van der Waals surface area contributed by atoms with E-state index in [1.165, 1.54) is 24.0 Å². The molecular weight excluding hydrogens is 372 g/mol. The highest BCUT2D eigenvalue weighted by molar-refractivity contribution is 5.97. The number of rotatable bonds is 7. The zero-order valence-electron chi connectivity index (χ0n) is 16.2. The number of carbonyl (C=O) groups excluding carboxylic acids is 2. The zero-order chi connectivity index (χ0) is 20.6. The quantitative estimate of drug-likeness (QED) is 0.217. The summed E-state index contributed by atoms with van der Waals surface area (Å²) >= 11 is 0. The summed E-state index contributed by atoms with van der Waals surface area (Å²) in [4.78, 5) is 29.4. The van der Waals surface area contributed by atoms with Crippen molar-refractivity contribution in [2.45, 2.75) is 25.9 Å². The van der Waals surface area contributed by atoms with Crippen LogP contribution in [0, 0.1) is 0 Å². The van der Waals surface area contributed by atoms with E-state index in [4.69, 9.17) is 9.94 Å². The lowest BCUT2D eigenvalue weighted by Crippen LogP contribution is -2.26. The Kier molecular flexibility index (Phi) is 6.94. The number of nitrogens with zero attached hydrogens (tertiary/aromatic N) is 2. The van der Waals surface area contributed by atoms with Gasteiger partial charge in [-0.05, 0) is 35.8 Å². The van der Waals surface area contributed by atoms with E-state index in [1.807, 2.05) is 6.07 Å². The standard InChI is InChI=1S/C21H24N4O4/c1-15(26)29-19(21(27)24-28)11-17-7-8-20(22-12-17)23-18-9-10-25(14-18)13-16-5-3-2-4-6-16/h2-8,11-12,18,28H,9-10,13-14H2,1H3,(H,22,23)(H,24,27)/b19-11+/t18-/m1/s1. The Balaban J connectivity index is 1.57. The first-order chi connectivity index (χ1) is 14.0. The van der Waals surface area contributed by atoms with Crippen molar-refractivity contribution in [2.24, 2.45) is 0 Å². The van der Waals surface area contributed by atoms with Gasteiger partial charge in [-0.2, -0.15) is 0 Å². The maximum Gasteiger partial charge on any atom is 0.310 e. The lowest BCUT2D eigenvalue weighted by atomic mass is 10.2. The number of anilines is 1. The Morgan fingerprint density at radius 1 is 1.28 bits per heavy atom. The van der Waals surface area contributed by atoms with Crippen molar-refractivity contribution in [3.8, 4) is 0 Å². The lowest BCUT2D eigenvalue weighted by molar-refractivity contribution is -0.142. The number of hydrogen-bond acceptors (Lipinski definition) is 7. The fraction of sp³-hybridized carbons (Fsp3) is 0.286. The smallest absolute Gasteiger partial charge is 0.310 e. The van der Waals surface area contributed by atoms with Crippen molar-refractivity contribution in [1.29, 1.82) is 0 Å². The summed E-state index contributed by atoms with van der Waals surface area (Å²) in [6.45, 7) is 4.06. The van der Waals surface area contributed by atoms with Gasteiger partial charge >= 0.3 is 11.9 Å². The van der Waals surface area contributed by atoms with Crippen molar-refractivity contribution in [1.82, 2.24) is 15.4 Å². The Hall–Kier alpha value is -3.23. The molecule has 1 aromatic carbocycles. The summed E-state index contributed by atoms with van der Waals surface area (Å²) in [6, 6.07) is 14.3. The molecule has 0 spiro atoms. The van der Waals surface area contributed by atoms with E-state index in [-0.39, 0.29) is 5.76 Å². The number of esters is 1. The van der Waals surface area contributed by atoms with Gasteiger partial charge in [0.2, 0.25) is 0 Å². The van der Waals surface area contributed by atoms with Crippen LogP contribution >= 0.6 is 0 Å². The second-order valence-corrected chi connectivity index (χ2v) is 6.87. The van der Waals surface area contributed by atoms with Crippen LogP contribution in [-0.4, -0.2) is 46.1 Å². The molecule has 2 heterocycles. The molecule has 0 unspecified atom stereocenters. The van der Waals surface area contributed by atoms with E-state index in [0.29, 0.717) is 11.6 Å². The average Bonchev–Trinajstić information content (AvgIpc) is 3.15. The van der Waals surface area contributed by atoms with Gasteiger partial charge < -0.3 is 10.1 Å². The van der Waals surface area contributed by atoms with Crippen molar-refractivity contribution in [2.75, 3.05) is 18.4 Å². The summed E-state index contributed by atoms with van der Waals surface area (Å²) in [5.41, 5.74) is 3.32. The van der Waals surface area contributed by atoms with Crippen LogP contribution < -0.4 is 10.8 Å². The molecule has 2 aromatic rings. The molecule has 1 aliphatic heterocycles. The predicted molar refractivity (Wildman–Crippen MR) is 108 cm³/mol. The van der Waals surface area contributed by atoms with Gasteiger partial charge in [0.25, 0.3) is 0 Å². The number of pyridine rings is 1. The third-order valence-electron chi connectivity index (χ3n) is 4.54. The van der Waals surface area contributed by atoms with Crippen LogP contribution in [-0.2, 0) is 20.9 Å². The van der Waals surface area contributed by atoms with Crippen LogP contribution in [0.15, 0.2) is 54.4 Å². The van der Waals surface area contributed by atoms with Gasteiger partial charge in [-0.15, -0.1) is 0 Å². The maximum absolute atomic E-state index is 11.6. The molecule has 1 saturated heterocycles. The minimum atomic E-state index is -0.910. The highest BCUT2D eigenvalue weighted by Crippen LogP contribution is 2.18. The minimum Gasteiger partial charge on any atom is -0.421 e. The molecule has 3 rings (SSSR count). The van der Waals surface area contributed by atoms with Gasteiger partial charge in [0.1, 0.15) is 5.82 Å². The normalized spacial score (nSPS) is 17.0. The van der Waals surface area contributed by atoms with Gasteiger partial charge in [-0.25, -0.2) is 10.5 Å². The molecule has 1 aliphatic rings. The van der Waals surface area contributed by atoms with Crippen molar-refractivity contribution < 1.29 is 19.5 Å². The van der Waals surface area contributed by atoms with E-state index >= 15 is 0 Å². The number of nitrogens with one attached hydrogen (secondary N) is 2. The molecule has 1 amide bonds. The highest BCUT2D eigenvalue weighted by Gasteiger charge is 2.22. The van der Waals surface area contributed by atoms with Crippen molar-refractivity contribution in [3.05, 3.63) is 65.5 Å². The summed E-state index contributed by atoms with van der Waals surface area (Å²) in [7, 11) is 0. The largest absolute Gasteiger partial charge is 0.421 e. The average molecular weight is 396 g/mol. The van der Waals surface area contributed by atoms with Crippen LogP contribution in [0.4, 0.5) is 5.82 Å². The number of likely N-dealkylation sites (tertiary alicyclic amines) is 1. The molecule has 1 aromatic heterocycles. The molecule has 0 bridgehead atoms. The number of amides is 1. The van der Waals surface area contributed by atoms with Gasteiger partial charge in [0.05, 0.1) is 0 Å². The van der Waals surface area contributed by atoms with Crippen molar-refractivity contribution >= 4 is 23.8 Å². The molecule has 3 N–H and O–H groups in total. The van der Waals surface area contributed by atoms with Crippen LogP contribution in [0.5, 0.6) is 0 Å². The second-order valence-electron chi connectivity index (χ2n) is 6.87. The number of hydroxylamine groups is 1. The molecule has 0 aliphatic carbocycles. The number of carbonyl (C=O) groups is 2. The minimum absolute atomic E-state index is 0.310. The first-order valence-electron chi connectivity index (χ1n) is 9.37. The molecule has 1 fully saturated rings. The topological polar surface area (TPSA) is 104 Å². The van der Waals surface area contributed by atoms with Crippen LogP contribution in [0.25, 0.3) is 6.08 Å². The van der Waals surface area contributed by atoms with E-state index in [1.54, 1.807) is 18.3 Å². The van der Waals surface area contributed by atoms with E-state index in [9.17, 15) is 9.59 Å². The van der Waals surface area contributed by atoms with Gasteiger partial charge in [0.15, 0.2) is 5.76 Å². The third kappa shape index (κ3) is 6.13. The van der Waals surface area contributed by atoms with E-state index in [2.05, 4.69) is 39.5 Å². The molecule has 8 heteroatoms. The maximum atomic E-state index is 11.6. The summed E-state index contributed by atoms with van der Waals surface area (Å²) < 4.78 is 4.81. The van der Waals surface area contributed by atoms with E-state index in [0.717, 1.165) is 31.9 Å². The SMILES string of the molecule is CC(=O)O/C(=C/c1ccc(N[C@@H]2CCN(Cc3ccccc3)C2)nc1)C(=O)NO. The molecule has 8 nitrogen and oxygen atoms in total. The number of benzene rings is 1. The number of ether oxygens (including phenoxy) is 1. The monoisotopic (exact) mass is 396 g/mol. The molecular formula is C21H24N4O4.